The number of nitriles is 1. The van der Waals surface area contributed by atoms with Crippen molar-refractivity contribution in [2.45, 2.75) is 43.8 Å². The molecule has 24 heavy (non-hydrogen) atoms. The Morgan fingerprint density at radius 3 is 2.71 bits per heavy atom. The molecule has 9 nitrogen and oxygen atoms in total. The SMILES string of the molecule is N#Cc1nc(N2[C@@H]3CC[C@H]2CC(NC(=O)O)C3)nc2[nH]nc(Br)c12. The van der Waals surface area contributed by atoms with Crippen molar-refractivity contribution in [3.8, 4) is 6.07 Å². The third-order valence-corrected chi connectivity index (χ3v) is 5.33. The quantitative estimate of drug-likeness (QED) is 0.710. The molecule has 0 saturated carbocycles. The van der Waals surface area contributed by atoms with E-state index in [9.17, 15) is 10.1 Å². The standard InChI is InChI=1S/C14H14BrN7O2/c15-11-10-9(5-16)18-13(19-12(10)21-20-11)22-7-1-2-8(22)4-6(3-7)17-14(23)24/h6-8,17H,1-4H2,(H,23,24)(H,18,19,20,21)/t6?,7-,8+. The molecule has 1 amide bonds. The van der Waals surface area contributed by atoms with Crippen molar-refractivity contribution in [3.05, 3.63) is 10.3 Å². The summed E-state index contributed by atoms with van der Waals surface area (Å²) in [4.78, 5) is 22.0. The predicted octanol–water partition coefficient (Wildman–Crippen LogP) is 1.75. The molecular weight excluding hydrogens is 378 g/mol. The Labute approximate surface area is 145 Å². The van der Waals surface area contributed by atoms with Crippen LogP contribution in [0.4, 0.5) is 10.7 Å². The molecule has 10 heteroatoms. The van der Waals surface area contributed by atoms with Gasteiger partial charge in [-0.2, -0.15) is 15.3 Å². The smallest absolute Gasteiger partial charge is 0.404 e. The van der Waals surface area contributed by atoms with Gasteiger partial charge in [0.15, 0.2) is 11.3 Å². The summed E-state index contributed by atoms with van der Waals surface area (Å²) < 4.78 is 0.521. The van der Waals surface area contributed by atoms with Crippen LogP contribution >= 0.6 is 15.9 Å². The summed E-state index contributed by atoms with van der Waals surface area (Å²) in [7, 11) is 0. The van der Waals surface area contributed by atoms with Crippen molar-refractivity contribution in [3.63, 3.8) is 0 Å². The zero-order valence-electron chi connectivity index (χ0n) is 12.5. The molecule has 2 aromatic heterocycles. The maximum absolute atomic E-state index is 10.9. The molecule has 3 N–H and O–H groups in total. The largest absolute Gasteiger partial charge is 0.465 e. The van der Waals surface area contributed by atoms with E-state index >= 15 is 0 Å². The minimum Gasteiger partial charge on any atom is -0.465 e. The summed E-state index contributed by atoms with van der Waals surface area (Å²) in [5, 5.41) is 28.3. The molecule has 124 valence electrons. The first-order valence-electron chi connectivity index (χ1n) is 7.66. The maximum atomic E-state index is 10.9. The lowest BCUT2D eigenvalue weighted by Crippen LogP contribution is -2.50. The number of carbonyl (C=O) groups is 1. The van der Waals surface area contributed by atoms with Crippen LogP contribution < -0.4 is 10.2 Å². The lowest BCUT2D eigenvalue weighted by Gasteiger charge is -2.38. The molecule has 2 aliphatic heterocycles. The molecule has 1 unspecified atom stereocenters. The summed E-state index contributed by atoms with van der Waals surface area (Å²) in [5.74, 6) is 0.511. The highest BCUT2D eigenvalue weighted by atomic mass is 79.9. The zero-order chi connectivity index (χ0) is 16.8. The number of aromatic amines is 1. The van der Waals surface area contributed by atoms with E-state index in [0.717, 1.165) is 25.7 Å². The fraction of sp³-hybridized carbons (Fsp3) is 0.500. The molecule has 0 spiro atoms. The Morgan fingerprint density at radius 2 is 2.08 bits per heavy atom. The van der Waals surface area contributed by atoms with Gasteiger partial charge in [-0.25, -0.2) is 9.78 Å². The van der Waals surface area contributed by atoms with Crippen molar-refractivity contribution in [2.75, 3.05) is 4.90 Å². The Bertz CT molecular complexity index is 847. The number of amides is 1. The number of hydrogen-bond acceptors (Lipinski definition) is 6. The van der Waals surface area contributed by atoms with Gasteiger partial charge < -0.3 is 15.3 Å². The third-order valence-electron chi connectivity index (χ3n) is 4.76. The normalized spacial score (nSPS) is 25.7. The van der Waals surface area contributed by atoms with Crippen LogP contribution in [0.1, 0.15) is 31.4 Å². The Hall–Kier alpha value is -2.41. The number of rotatable bonds is 2. The lowest BCUT2D eigenvalue weighted by atomic mass is 9.98. The topological polar surface area (TPSA) is 131 Å². The molecule has 0 aromatic carbocycles. The minimum absolute atomic E-state index is 0.0447. The van der Waals surface area contributed by atoms with E-state index in [1.54, 1.807) is 0 Å². The van der Waals surface area contributed by atoms with Gasteiger partial charge in [-0.1, -0.05) is 0 Å². The van der Waals surface area contributed by atoms with Crippen molar-refractivity contribution in [2.24, 2.45) is 0 Å². The summed E-state index contributed by atoms with van der Waals surface area (Å²) in [6, 6.07) is 2.41. The first-order chi connectivity index (χ1) is 11.6. The summed E-state index contributed by atoms with van der Waals surface area (Å²) in [6.07, 6.45) is 2.40. The van der Waals surface area contributed by atoms with Gasteiger partial charge in [-0.15, -0.1) is 0 Å². The van der Waals surface area contributed by atoms with Crippen LogP contribution in [-0.2, 0) is 0 Å². The molecule has 0 aliphatic carbocycles. The van der Waals surface area contributed by atoms with Crippen LogP contribution in [0.5, 0.6) is 0 Å². The molecule has 2 aromatic rings. The van der Waals surface area contributed by atoms with Gasteiger partial charge >= 0.3 is 6.09 Å². The third kappa shape index (κ3) is 2.36. The first kappa shape index (κ1) is 15.1. The number of anilines is 1. The number of H-pyrrole nitrogens is 1. The zero-order valence-corrected chi connectivity index (χ0v) is 14.1. The Morgan fingerprint density at radius 1 is 1.38 bits per heavy atom. The summed E-state index contributed by atoms with van der Waals surface area (Å²) in [5.41, 5.74) is 0.800. The van der Waals surface area contributed by atoms with Gasteiger partial charge in [0.1, 0.15) is 10.7 Å². The number of aromatic nitrogens is 4. The van der Waals surface area contributed by atoms with E-state index in [4.69, 9.17) is 5.11 Å². The van der Waals surface area contributed by atoms with Crippen LogP contribution in [-0.4, -0.2) is 49.5 Å². The molecule has 4 rings (SSSR count). The van der Waals surface area contributed by atoms with Crippen LogP contribution in [0, 0.1) is 11.3 Å². The fourth-order valence-electron chi connectivity index (χ4n) is 3.88. The number of nitrogens with zero attached hydrogens (tertiary/aromatic N) is 5. The Balaban J connectivity index is 1.69. The van der Waals surface area contributed by atoms with E-state index in [-0.39, 0.29) is 23.8 Å². The number of piperidine rings is 1. The lowest BCUT2D eigenvalue weighted by molar-refractivity contribution is 0.185. The minimum atomic E-state index is -0.986. The van der Waals surface area contributed by atoms with Crippen LogP contribution in [0.3, 0.4) is 0 Å². The highest BCUT2D eigenvalue weighted by molar-refractivity contribution is 9.10. The summed E-state index contributed by atoms with van der Waals surface area (Å²) >= 11 is 3.29. The monoisotopic (exact) mass is 391 g/mol. The van der Waals surface area contributed by atoms with Crippen molar-refractivity contribution in [1.29, 1.82) is 5.26 Å². The van der Waals surface area contributed by atoms with E-state index in [1.165, 1.54) is 0 Å². The second kappa shape index (κ2) is 5.59. The number of fused-ring (bicyclic) bond motifs is 3. The molecule has 2 fully saturated rings. The number of nitrogens with one attached hydrogen (secondary N) is 2. The average Bonchev–Trinajstić information content (AvgIpc) is 3.04. The fourth-order valence-corrected chi connectivity index (χ4v) is 4.34. The molecule has 2 aliphatic rings. The highest BCUT2D eigenvalue weighted by Gasteiger charge is 2.42. The second-order valence-corrected chi connectivity index (χ2v) is 6.88. The Kier molecular flexibility index (Phi) is 3.53. The average molecular weight is 392 g/mol. The first-order valence-corrected chi connectivity index (χ1v) is 8.45. The molecular formula is C14H14BrN7O2. The van der Waals surface area contributed by atoms with Gasteiger partial charge in [-0.05, 0) is 41.6 Å². The summed E-state index contributed by atoms with van der Waals surface area (Å²) in [6.45, 7) is 0. The van der Waals surface area contributed by atoms with Gasteiger partial charge in [0.2, 0.25) is 5.95 Å². The van der Waals surface area contributed by atoms with Crippen molar-refractivity contribution >= 4 is 39.0 Å². The van der Waals surface area contributed by atoms with E-state index in [0.29, 0.717) is 21.6 Å². The predicted molar refractivity (Wildman–Crippen MR) is 87.6 cm³/mol. The van der Waals surface area contributed by atoms with Crippen molar-refractivity contribution in [1.82, 2.24) is 25.5 Å². The van der Waals surface area contributed by atoms with Gasteiger partial charge in [-0.3, -0.25) is 5.10 Å². The van der Waals surface area contributed by atoms with Gasteiger partial charge in [0.25, 0.3) is 0 Å². The molecule has 2 saturated heterocycles. The number of halogens is 1. The van der Waals surface area contributed by atoms with Crippen LogP contribution in [0.25, 0.3) is 11.0 Å². The highest BCUT2D eigenvalue weighted by Crippen LogP contribution is 2.38. The van der Waals surface area contributed by atoms with Crippen LogP contribution in [0.2, 0.25) is 0 Å². The molecule has 0 radical (unpaired) electrons. The number of hydrogen-bond donors (Lipinski definition) is 3. The maximum Gasteiger partial charge on any atom is 0.404 e. The van der Waals surface area contributed by atoms with E-state index in [1.807, 2.05) is 0 Å². The van der Waals surface area contributed by atoms with Crippen molar-refractivity contribution < 1.29 is 9.90 Å². The van der Waals surface area contributed by atoms with E-state index < -0.39 is 6.09 Å². The second-order valence-electron chi connectivity index (χ2n) is 6.13. The molecule has 2 bridgehead atoms. The molecule has 3 atom stereocenters. The van der Waals surface area contributed by atoms with Crippen LogP contribution in [0.15, 0.2) is 4.60 Å². The van der Waals surface area contributed by atoms with Gasteiger partial charge in [0.05, 0.1) is 5.39 Å². The van der Waals surface area contributed by atoms with Gasteiger partial charge in [0, 0.05) is 18.1 Å². The number of carboxylic acid groups (broad SMARTS) is 1. The molecule has 4 heterocycles. The van der Waals surface area contributed by atoms with E-state index in [2.05, 4.69) is 52.4 Å².